The molecule has 1 aliphatic carbocycles. The van der Waals surface area contributed by atoms with E-state index in [0.29, 0.717) is 12.7 Å². The van der Waals surface area contributed by atoms with Crippen LogP contribution in [0.25, 0.3) is 0 Å². The van der Waals surface area contributed by atoms with Crippen molar-refractivity contribution in [2.24, 2.45) is 5.92 Å². The van der Waals surface area contributed by atoms with Gasteiger partial charge < -0.3 is 0 Å². The van der Waals surface area contributed by atoms with Crippen molar-refractivity contribution < 1.29 is 9.59 Å². The summed E-state index contributed by atoms with van der Waals surface area (Å²) in [5.41, 5.74) is 0. The lowest BCUT2D eigenvalue weighted by molar-refractivity contribution is -0.131. The van der Waals surface area contributed by atoms with Crippen LogP contribution in [0.4, 0.5) is 0 Å². The van der Waals surface area contributed by atoms with Crippen molar-refractivity contribution in [3.63, 3.8) is 0 Å². The zero-order valence-corrected chi connectivity index (χ0v) is 5.49. The van der Waals surface area contributed by atoms with Gasteiger partial charge in [0.1, 0.15) is 0 Å². The first-order valence-corrected chi connectivity index (χ1v) is 3.17. The summed E-state index contributed by atoms with van der Waals surface area (Å²) in [7, 11) is 0. The fourth-order valence-electron chi connectivity index (χ4n) is 0.879. The summed E-state index contributed by atoms with van der Waals surface area (Å²) in [6.07, 6.45) is 8.33. The number of Topliss-reactive ketones (excluding diaryl/α,β-unsaturated/α-hetero) is 1. The van der Waals surface area contributed by atoms with E-state index in [1.807, 2.05) is 12.2 Å². The number of carbonyl (C=O) groups excluding carboxylic acids is 2. The molecule has 0 spiro atoms. The number of rotatable bonds is 2. The third-order valence-electron chi connectivity index (χ3n) is 1.46. The minimum atomic E-state index is -0.333. The highest BCUT2D eigenvalue weighted by molar-refractivity contribution is 6.26. The maximum Gasteiger partial charge on any atom is 0.202 e. The van der Waals surface area contributed by atoms with Gasteiger partial charge in [-0.05, 0) is 6.42 Å². The molecular weight excluding hydrogens is 134 g/mol. The van der Waals surface area contributed by atoms with Crippen LogP contribution >= 0.6 is 0 Å². The molecule has 52 valence electrons. The molecular formula is C8H8O2. The Balaban J connectivity index is 2.59. The molecule has 0 fully saturated rings. The van der Waals surface area contributed by atoms with Gasteiger partial charge in [0, 0.05) is 5.92 Å². The SMILES string of the molecule is O=CC(=O)[13CH]1[13CH]=[13CH][13CH]=[13CH][13CH2]1. The zero-order chi connectivity index (χ0) is 7.40. The van der Waals surface area contributed by atoms with E-state index in [-0.39, 0.29) is 11.7 Å². The van der Waals surface area contributed by atoms with Crippen LogP contribution in [0.15, 0.2) is 24.3 Å². The van der Waals surface area contributed by atoms with Crippen molar-refractivity contribution in [2.45, 2.75) is 6.42 Å². The molecule has 1 aliphatic rings. The van der Waals surface area contributed by atoms with Crippen molar-refractivity contribution in [1.29, 1.82) is 0 Å². The van der Waals surface area contributed by atoms with E-state index in [1.54, 1.807) is 12.2 Å². The Kier molecular flexibility index (Phi) is 2.15. The third kappa shape index (κ3) is 1.41. The summed E-state index contributed by atoms with van der Waals surface area (Å²) in [5, 5.41) is 0. The molecule has 2 nitrogen and oxygen atoms in total. The maximum atomic E-state index is 10.7. The standard InChI is InChI=1S/C8H8O2/c9-6-8(10)7-4-2-1-3-5-7/h1-4,6-7H,5H2/i1+1,2+1,3+1,4+1,5+1,7+1. The van der Waals surface area contributed by atoms with E-state index in [2.05, 4.69) is 0 Å². The van der Waals surface area contributed by atoms with E-state index in [9.17, 15) is 9.59 Å². The van der Waals surface area contributed by atoms with Gasteiger partial charge in [-0.1, -0.05) is 24.3 Å². The summed E-state index contributed by atoms with van der Waals surface area (Å²) in [4.78, 5) is 20.7. The van der Waals surface area contributed by atoms with E-state index in [0.717, 1.165) is 0 Å². The van der Waals surface area contributed by atoms with Gasteiger partial charge in [0.15, 0.2) is 6.29 Å². The molecule has 0 aromatic rings. The summed E-state index contributed by atoms with van der Waals surface area (Å²) in [5.74, 6) is -0.539. The molecule has 0 bridgehead atoms. The Morgan fingerprint density at radius 2 is 2.30 bits per heavy atom. The van der Waals surface area contributed by atoms with Crippen LogP contribution < -0.4 is 0 Å². The van der Waals surface area contributed by atoms with E-state index >= 15 is 0 Å². The lowest BCUT2D eigenvalue weighted by Crippen LogP contribution is -2.13. The van der Waals surface area contributed by atoms with Gasteiger partial charge in [0.2, 0.25) is 5.78 Å². The molecule has 0 aromatic carbocycles. The predicted molar refractivity (Wildman–Crippen MR) is 37.5 cm³/mol. The second kappa shape index (κ2) is 3.11. The molecule has 1 unspecified atom stereocenters. The Bertz CT molecular complexity index is 201. The molecule has 0 saturated heterocycles. The zero-order valence-electron chi connectivity index (χ0n) is 5.49. The number of allylic oxidation sites excluding steroid dienone is 4. The molecule has 0 aromatic heterocycles. The van der Waals surface area contributed by atoms with Crippen LogP contribution in [0.1, 0.15) is 6.42 Å². The van der Waals surface area contributed by atoms with Gasteiger partial charge in [-0.3, -0.25) is 9.59 Å². The van der Waals surface area contributed by atoms with Crippen LogP contribution in [0, 0.1) is 5.92 Å². The highest BCUT2D eigenvalue weighted by Gasteiger charge is 2.13. The van der Waals surface area contributed by atoms with Crippen molar-refractivity contribution >= 4 is 12.1 Å². The average molecular weight is 142 g/mol. The summed E-state index contributed by atoms with van der Waals surface area (Å²) < 4.78 is 0. The van der Waals surface area contributed by atoms with Crippen LogP contribution in [0.5, 0.6) is 0 Å². The van der Waals surface area contributed by atoms with Gasteiger partial charge in [-0.15, -0.1) is 0 Å². The number of aldehydes is 1. The summed E-state index contributed by atoms with van der Waals surface area (Å²) >= 11 is 0. The summed E-state index contributed by atoms with van der Waals surface area (Å²) in [6, 6.07) is 0. The molecule has 0 heterocycles. The number of hydrogen-bond donors (Lipinski definition) is 0. The van der Waals surface area contributed by atoms with Gasteiger partial charge in [0.25, 0.3) is 0 Å². The van der Waals surface area contributed by atoms with E-state index in [4.69, 9.17) is 0 Å². The average Bonchev–Trinajstić information content (AvgIpc) is 2.05. The predicted octanol–water partition coefficient (Wildman–Crippen LogP) is 0.887. The van der Waals surface area contributed by atoms with E-state index in [1.165, 1.54) is 0 Å². The van der Waals surface area contributed by atoms with Gasteiger partial charge in [-0.25, -0.2) is 0 Å². The first kappa shape index (κ1) is 6.93. The largest absolute Gasteiger partial charge is 0.295 e. The Labute approximate surface area is 59.2 Å². The van der Waals surface area contributed by atoms with Crippen LogP contribution in [0.2, 0.25) is 0 Å². The highest BCUT2D eigenvalue weighted by atomic mass is 16.2. The Morgan fingerprint density at radius 3 is 2.80 bits per heavy atom. The molecule has 1 rings (SSSR count). The minimum absolute atomic E-state index is 0.206. The second-order valence-electron chi connectivity index (χ2n) is 2.18. The molecule has 0 saturated carbocycles. The number of hydrogen-bond acceptors (Lipinski definition) is 2. The van der Waals surface area contributed by atoms with Crippen LogP contribution in [-0.4, -0.2) is 12.1 Å². The molecule has 0 radical (unpaired) electrons. The van der Waals surface area contributed by atoms with Crippen molar-refractivity contribution in [3.8, 4) is 0 Å². The summed E-state index contributed by atoms with van der Waals surface area (Å²) in [6.45, 7) is 0. The Morgan fingerprint density at radius 1 is 1.50 bits per heavy atom. The quantitative estimate of drug-likeness (QED) is 0.326. The Hall–Kier alpha value is -1.18. The van der Waals surface area contributed by atoms with E-state index < -0.39 is 0 Å². The fraction of sp³-hybridized carbons (Fsp3) is 0.250. The van der Waals surface area contributed by atoms with Crippen molar-refractivity contribution in [3.05, 3.63) is 24.3 Å². The maximum absolute atomic E-state index is 10.7. The lowest BCUT2D eigenvalue weighted by atomic mass is 10.5. The molecule has 0 N–H and O–H groups in total. The number of ketones is 1. The number of carbonyl (C=O) groups is 2. The molecule has 2 heteroatoms. The molecule has 0 aliphatic heterocycles. The van der Waals surface area contributed by atoms with Gasteiger partial charge in [0.05, 0.1) is 0 Å². The van der Waals surface area contributed by atoms with Crippen LogP contribution in [0.3, 0.4) is 0 Å². The lowest BCUT2D eigenvalue weighted by Gasteiger charge is -2.05. The minimum Gasteiger partial charge on any atom is -0.295 e. The van der Waals surface area contributed by atoms with Gasteiger partial charge in [-0.2, -0.15) is 0 Å². The van der Waals surface area contributed by atoms with Crippen molar-refractivity contribution in [2.75, 3.05) is 0 Å². The topological polar surface area (TPSA) is 34.1 Å². The normalized spacial score (nSPS) is 22.6. The molecule has 1 atom stereocenters. The highest BCUT2D eigenvalue weighted by Crippen LogP contribution is 2.10. The fourth-order valence-corrected chi connectivity index (χ4v) is 0.879. The molecule has 10 heavy (non-hydrogen) atoms. The van der Waals surface area contributed by atoms with Crippen LogP contribution in [-0.2, 0) is 9.59 Å². The second-order valence-corrected chi connectivity index (χ2v) is 2.18. The first-order valence-electron chi connectivity index (χ1n) is 3.17. The smallest absolute Gasteiger partial charge is 0.202 e. The van der Waals surface area contributed by atoms with Crippen molar-refractivity contribution in [1.82, 2.24) is 0 Å². The molecule has 0 amide bonds. The third-order valence-corrected chi connectivity index (χ3v) is 1.46. The van der Waals surface area contributed by atoms with Gasteiger partial charge >= 0.3 is 0 Å². The first-order chi connectivity index (χ1) is 4.84. The monoisotopic (exact) mass is 142 g/mol.